The molecule has 0 fully saturated rings. The maximum absolute atomic E-state index is 12.0. The number of nitrogens with two attached hydrogens (primary N) is 1. The van der Waals surface area contributed by atoms with Gasteiger partial charge in [-0.05, 0) is 5.92 Å². The van der Waals surface area contributed by atoms with E-state index in [1.807, 2.05) is 13.8 Å². The lowest BCUT2D eigenvalue weighted by molar-refractivity contribution is 0.0963. The monoisotopic (exact) mass is 331 g/mol. The summed E-state index contributed by atoms with van der Waals surface area (Å²) in [5.74, 6) is -0.0707. The summed E-state index contributed by atoms with van der Waals surface area (Å²) in [4.78, 5) is 12.2. The number of carbonyl (C=O) groups is 1. The van der Waals surface area contributed by atoms with Crippen LogP contribution in [0.3, 0.4) is 0 Å². The Bertz CT molecular complexity index is 633. The number of hydrogen-bond donors (Lipinski definition) is 3. The molecule has 0 aliphatic carbocycles. The number of thiophene rings is 1. The van der Waals surface area contributed by atoms with E-state index in [0.717, 1.165) is 17.6 Å². The molecular formula is C13H21N3O3S2. The van der Waals surface area contributed by atoms with Gasteiger partial charge in [0.05, 0.1) is 5.69 Å². The van der Waals surface area contributed by atoms with Crippen molar-refractivity contribution in [2.45, 2.75) is 18.7 Å². The Morgan fingerprint density at radius 1 is 1.48 bits per heavy atom. The van der Waals surface area contributed by atoms with E-state index >= 15 is 0 Å². The van der Waals surface area contributed by atoms with E-state index in [1.54, 1.807) is 0 Å². The van der Waals surface area contributed by atoms with E-state index in [0.29, 0.717) is 24.0 Å². The van der Waals surface area contributed by atoms with Gasteiger partial charge in [-0.2, -0.15) is 0 Å². The van der Waals surface area contributed by atoms with Crippen LogP contribution >= 0.6 is 11.3 Å². The molecule has 1 aromatic heterocycles. The van der Waals surface area contributed by atoms with E-state index in [4.69, 9.17) is 5.73 Å². The Labute approximate surface area is 129 Å². The first kappa shape index (κ1) is 17.5. The smallest absolute Gasteiger partial charge is 0.263 e. The highest BCUT2D eigenvalue weighted by Crippen LogP contribution is 2.39. The number of rotatable bonds is 7. The lowest BCUT2D eigenvalue weighted by Crippen LogP contribution is -2.23. The first-order valence-electron chi connectivity index (χ1n) is 6.43. The van der Waals surface area contributed by atoms with Crippen LogP contribution in [0.4, 0.5) is 10.7 Å². The van der Waals surface area contributed by atoms with Crippen molar-refractivity contribution in [2.24, 2.45) is 5.92 Å². The van der Waals surface area contributed by atoms with Crippen molar-refractivity contribution >= 4 is 37.8 Å². The molecule has 0 aromatic carbocycles. The predicted octanol–water partition coefficient (Wildman–Crippen LogP) is 1.72. The van der Waals surface area contributed by atoms with E-state index in [1.165, 1.54) is 6.08 Å². The fraction of sp³-hybridized carbons (Fsp3) is 0.462. The SMILES string of the molecule is C=CCNC(=O)c1sc(NCC(C)C)c(S(C)(=O)=O)c1N. The van der Waals surface area contributed by atoms with Gasteiger partial charge in [0.1, 0.15) is 14.8 Å². The quantitative estimate of drug-likeness (QED) is 0.660. The van der Waals surface area contributed by atoms with Gasteiger partial charge in [-0.15, -0.1) is 17.9 Å². The van der Waals surface area contributed by atoms with Gasteiger partial charge in [-0.1, -0.05) is 19.9 Å². The third-order valence-electron chi connectivity index (χ3n) is 2.55. The summed E-state index contributed by atoms with van der Waals surface area (Å²) in [6, 6.07) is 0. The number of nitrogens with one attached hydrogen (secondary N) is 2. The minimum atomic E-state index is -3.52. The summed E-state index contributed by atoms with van der Waals surface area (Å²) in [5, 5.41) is 6.06. The molecule has 0 aliphatic rings. The second-order valence-electron chi connectivity index (χ2n) is 5.05. The number of amides is 1. The number of sulfone groups is 1. The molecule has 0 unspecified atom stereocenters. The Hall–Kier alpha value is -1.54. The van der Waals surface area contributed by atoms with Gasteiger partial charge < -0.3 is 16.4 Å². The third-order valence-corrected chi connectivity index (χ3v) is 5.01. The second-order valence-corrected chi connectivity index (χ2v) is 8.02. The molecule has 1 rings (SSSR count). The molecule has 0 saturated carbocycles. The van der Waals surface area contributed by atoms with Crippen LogP contribution in [0, 0.1) is 5.92 Å². The molecule has 4 N–H and O–H groups in total. The number of hydrogen-bond acceptors (Lipinski definition) is 6. The molecule has 6 nitrogen and oxygen atoms in total. The lowest BCUT2D eigenvalue weighted by atomic mass is 10.2. The van der Waals surface area contributed by atoms with E-state index in [2.05, 4.69) is 17.2 Å². The third kappa shape index (κ3) is 4.47. The first-order chi connectivity index (χ1) is 9.68. The Kier molecular flexibility index (Phi) is 5.79. The Morgan fingerprint density at radius 3 is 2.57 bits per heavy atom. The molecular weight excluding hydrogens is 310 g/mol. The zero-order valence-electron chi connectivity index (χ0n) is 12.4. The van der Waals surface area contributed by atoms with Crippen LogP contribution in [-0.2, 0) is 9.84 Å². The summed E-state index contributed by atoms with van der Waals surface area (Å²) in [6.45, 7) is 8.40. The van der Waals surface area contributed by atoms with E-state index in [-0.39, 0.29) is 15.5 Å². The molecule has 0 aliphatic heterocycles. The minimum absolute atomic E-state index is 0.00287. The summed E-state index contributed by atoms with van der Waals surface area (Å²) in [7, 11) is -3.52. The van der Waals surface area contributed by atoms with Crippen molar-refractivity contribution < 1.29 is 13.2 Å². The summed E-state index contributed by atoms with van der Waals surface area (Å²) in [6.07, 6.45) is 2.62. The molecule has 1 aromatic rings. The molecule has 0 spiro atoms. The van der Waals surface area contributed by atoms with Crippen molar-refractivity contribution in [3.8, 4) is 0 Å². The maximum Gasteiger partial charge on any atom is 0.263 e. The Balaban J connectivity index is 3.24. The number of anilines is 2. The zero-order chi connectivity index (χ0) is 16.2. The highest BCUT2D eigenvalue weighted by atomic mass is 32.2. The average Bonchev–Trinajstić information content (AvgIpc) is 2.70. The fourth-order valence-corrected chi connectivity index (χ4v) is 4.12. The molecule has 118 valence electrons. The molecule has 1 heterocycles. The molecule has 1 amide bonds. The number of carbonyl (C=O) groups excluding carboxylic acids is 1. The first-order valence-corrected chi connectivity index (χ1v) is 9.14. The van der Waals surface area contributed by atoms with Gasteiger partial charge in [0.15, 0.2) is 9.84 Å². The largest absolute Gasteiger partial charge is 0.396 e. The van der Waals surface area contributed by atoms with Gasteiger partial charge in [0.2, 0.25) is 0 Å². The van der Waals surface area contributed by atoms with Crippen molar-refractivity contribution in [2.75, 3.05) is 30.4 Å². The van der Waals surface area contributed by atoms with Gasteiger partial charge in [-0.25, -0.2) is 8.42 Å². The van der Waals surface area contributed by atoms with Crippen LogP contribution in [-0.4, -0.2) is 33.7 Å². The summed E-state index contributed by atoms with van der Waals surface area (Å²) < 4.78 is 23.8. The molecule has 8 heteroatoms. The standard InChI is InChI=1S/C13H21N3O3S2/c1-5-6-15-12(17)10-9(14)11(21(4,18)19)13(20-10)16-7-8(2)3/h5,8,16H,1,6-7,14H2,2-4H3,(H,15,17). The van der Waals surface area contributed by atoms with Crippen molar-refractivity contribution in [1.82, 2.24) is 5.32 Å². The maximum atomic E-state index is 12.0. The number of nitrogen functional groups attached to an aromatic ring is 1. The van der Waals surface area contributed by atoms with Gasteiger partial charge >= 0.3 is 0 Å². The molecule has 21 heavy (non-hydrogen) atoms. The Morgan fingerprint density at radius 2 is 2.10 bits per heavy atom. The van der Waals surface area contributed by atoms with Gasteiger partial charge in [0.25, 0.3) is 5.91 Å². The van der Waals surface area contributed by atoms with Gasteiger partial charge in [-0.3, -0.25) is 4.79 Å². The van der Waals surface area contributed by atoms with Crippen LogP contribution in [0.5, 0.6) is 0 Å². The van der Waals surface area contributed by atoms with Crippen molar-refractivity contribution in [1.29, 1.82) is 0 Å². The zero-order valence-corrected chi connectivity index (χ0v) is 14.0. The van der Waals surface area contributed by atoms with Crippen LogP contribution in [0.1, 0.15) is 23.5 Å². The fourth-order valence-electron chi connectivity index (χ4n) is 1.62. The topological polar surface area (TPSA) is 101 Å². The molecule has 0 saturated heterocycles. The lowest BCUT2D eigenvalue weighted by Gasteiger charge is -2.08. The molecule has 0 atom stereocenters. The second kappa shape index (κ2) is 6.95. The average molecular weight is 331 g/mol. The van der Waals surface area contributed by atoms with Crippen molar-refractivity contribution in [3.05, 3.63) is 17.5 Å². The normalized spacial score (nSPS) is 11.4. The minimum Gasteiger partial charge on any atom is -0.396 e. The van der Waals surface area contributed by atoms with Crippen LogP contribution in [0.25, 0.3) is 0 Å². The molecule has 0 radical (unpaired) electrons. The van der Waals surface area contributed by atoms with E-state index in [9.17, 15) is 13.2 Å². The van der Waals surface area contributed by atoms with Crippen LogP contribution in [0.2, 0.25) is 0 Å². The van der Waals surface area contributed by atoms with Crippen LogP contribution < -0.4 is 16.4 Å². The summed E-state index contributed by atoms with van der Waals surface area (Å²) in [5.41, 5.74) is 5.87. The van der Waals surface area contributed by atoms with Crippen LogP contribution in [0.15, 0.2) is 17.6 Å². The predicted molar refractivity (Wildman–Crippen MR) is 87.7 cm³/mol. The summed E-state index contributed by atoms with van der Waals surface area (Å²) >= 11 is 1.05. The highest BCUT2D eigenvalue weighted by molar-refractivity contribution is 7.91. The van der Waals surface area contributed by atoms with Crippen molar-refractivity contribution in [3.63, 3.8) is 0 Å². The molecule has 0 bridgehead atoms. The van der Waals surface area contributed by atoms with Gasteiger partial charge in [0, 0.05) is 19.3 Å². The van der Waals surface area contributed by atoms with E-state index < -0.39 is 15.7 Å². The highest BCUT2D eigenvalue weighted by Gasteiger charge is 2.26.